The predicted molar refractivity (Wildman–Crippen MR) is 101 cm³/mol. The van der Waals surface area contributed by atoms with Crippen LogP contribution in [0.3, 0.4) is 0 Å². The molecule has 0 bridgehead atoms. The van der Waals surface area contributed by atoms with Crippen LogP contribution in [0.15, 0.2) is 36.5 Å². The van der Waals surface area contributed by atoms with E-state index >= 15 is 0 Å². The number of hydrogen-bond acceptors (Lipinski definition) is 4. The second-order valence-electron chi connectivity index (χ2n) is 6.06. The number of aryl methyl sites for hydroxylation is 2. The number of nitro groups is 1. The van der Waals surface area contributed by atoms with E-state index in [0.29, 0.717) is 5.56 Å². The summed E-state index contributed by atoms with van der Waals surface area (Å²) in [5.74, 6) is -0.355. The number of carbonyl (C=O) groups is 1. The molecule has 1 N–H and O–H groups in total. The van der Waals surface area contributed by atoms with Gasteiger partial charge in [-0.2, -0.15) is 0 Å². The van der Waals surface area contributed by atoms with Crippen LogP contribution in [-0.4, -0.2) is 20.2 Å². The lowest BCUT2D eigenvalue weighted by Crippen LogP contribution is -2.08. The Morgan fingerprint density at radius 3 is 2.69 bits per heavy atom. The topological polar surface area (TPSA) is 89.5 Å². The van der Waals surface area contributed by atoms with Crippen molar-refractivity contribution >= 4 is 35.1 Å². The van der Waals surface area contributed by atoms with Crippen LogP contribution in [0.5, 0.6) is 0 Å². The Kier molecular flexibility index (Phi) is 4.53. The van der Waals surface area contributed by atoms with E-state index in [1.165, 1.54) is 19.1 Å². The number of anilines is 1. The number of nitrogens with zero attached hydrogens (tertiary/aromatic N) is 3. The Labute approximate surface area is 150 Å². The fourth-order valence-electron chi connectivity index (χ4n) is 2.72. The van der Waals surface area contributed by atoms with Gasteiger partial charge < -0.3 is 9.72 Å². The van der Waals surface area contributed by atoms with E-state index < -0.39 is 4.92 Å². The monoisotopic (exact) mass is 350 g/mol. The number of nitro benzene ring substituents is 1. The number of fused-ring (bicyclic) bond motifs is 1. The molecule has 2 heterocycles. The number of aromatic nitrogens is 2. The number of rotatable bonds is 4. The van der Waals surface area contributed by atoms with Gasteiger partial charge in [-0.15, -0.1) is 0 Å². The highest BCUT2D eigenvalue weighted by atomic mass is 16.6. The van der Waals surface area contributed by atoms with Gasteiger partial charge in [-0.25, -0.2) is 4.98 Å². The van der Waals surface area contributed by atoms with Gasteiger partial charge in [0.1, 0.15) is 11.3 Å². The first-order valence-corrected chi connectivity index (χ1v) is 8.04. The van der Waals surface area contributed by atoms with Crippen LogP contribution in [-0.2, 0) is 4.79 Å². The van der Waals surface area contributed by atoms with Crippen LogP contribution in [0.25, 0.3) is 17.8 Å². The Morgan fingerprint density at radius 1 is 1.23 bits per heavy atom. The molecule has 7 nitrogen and oxygen atoms in total. The van der Waals surface area contributed by atoms with Crippen molar-refractivity contribution in [3.8, 4) is 0 Å². The molecule has 0 radical (unpaired) electrons. The highest BCUT2D eigenvalue weighted by Gasteiger charge is 2.15. The lowest BCUT2D eigenvalue weighted by atomic mass is 10.1. The molecule has 1 aromatic carbocycles. The van der Waals surface area contributed by atoms with Crippen molar-refractivity contribution in [2.45, 2.75) is 20.8 Å². The maximum absolute atomic E-state index is 11.2. The molecule has 0 atom stereocenters. The standard InChI is InChI=1S/C19H18N4O3/c1-12-8-9-22-13(2)16(21-19(22)10-12)6-4-15-5-7-17(20-14(3)24)18(11-15)23(25)26/h4-11H,1-3H3,(H,20,24). The zero-order valence-electron chi connectivity index (χ0n) is 14.7. The molecule has 3 aromatic rings. The molecule has 7 heteroatoms. The maximum Gasteiger partial charge on any atom is 0.293 e. The molecule has 2 aromatic heterocycles. The molecule has 0 saturated heterocycles. The van der Waals surface area contributed by atoms with Crippen molar-refractivity contribution in [2.75, 3.05) is 5.32 Å². The maximum atomic E-state index is 11.2. The van der Waals surface area contributed by atoms with Crippen LogP contribution in [0.2, 0.25) is 0 Å². The highest BCUT2D eigenvalue weighted by molar-refractivity contribution is 5.91. The summed E-state index contributed by atoms with van der Waals surface area (Å²) in [5, 5.41) is 13.7. The van der Waals surface area contributed by atoms with Crippen LogP contribution in [0, 0.1) is 24.0 Å². The summed E-state index contributed by atoms with van der Waals surface area (Å²) in [6, 6.07) is 8.68. The third kappa shape index (κ3) is 3.46. The van der Waals surface area contributed by atoms with E-state index in [-0.39, 0.29) is 17.3 Å². The molecule has 132 valence electrons. The van der Waals surface area contributed by atoms with Gasteiger partial charge in [0, 0.05) is 24.9 Å². The van der Waals surface area contributed by atoms with Crippen molar-refractivity contribution < 1.29 is 9.72 Å². The normalized spacial score (nSPS) is 11.2. The Hall–Kier alpha value is -3.48. The SMILES string of the molecule is CC(=O)Nc1ccc(C=Cc2nc3cc(C)ccn3c2C)cc1[N+](=O)[O-]. The van der Waals surface area contributed by atoms with Gasteiger partial charge in [0.25, 0.3) is 5.69 Å². The summed E-state index contributed by atoms with van der Waals surface area (Å²) in [5.41, 5.74) is 4.45. The molecule has 26 heavy (non-hydrogen) atoms. The lowest BCUT2D eigenvalue weighted by Gasteiger charge is -2.04. The third-order valence-corrected chi connectivity index (χ3v) is 4.02. The average molecular weight is 350 g/mol. The van der Waals surface area contributed by atoms with Gasteiger partial charge in [0.15, 0.2) is 0 Å². The predicted octanol–water partition coefficient (Wildman–Crippen LogP) is 3.99. The summed E-state index contributed by atoms with van der Waals surface area (Å²) in [6.45, 7) is 5.29. The van der Waals surface area contributed by atoms with E-state index in [4.69, 9.17) is 0 Å². The molecule has 0 aliphatic rings. The van der Waals surface area contributed by atoms with Crippen LogP contribution in [0.4, 0.5) is 11.4 Å². The number of pyridine rings is 1. The van der Waals surface area contributed by atoms with Gasteiger partial charge >= 0.3 is 0 Å². The summed E-state index contributed by atoms with van der Waals surface area (Å²) < 4.78 is 2.00. The molecule has 0 spiro atoms. The van der Waals surface area contributed by atoms with Crippen molar-refractivity contribution in [1.82, 2.24) is 9.38 Å². The first kappa shape index (κ1) is 17.3. The molecule has 3 rings (SSSR count). The fourth-order valence-corrected chi connectivity index (χ4v) is 2.72. The number of nitrogens with one attached hydrogen (secondary N) is 1. The number of amides is 1. The third-order valence-electron chi connectivity index (χ3n) is 4.02. The Bertz CT molecular complexity index is 1050. The zero-order valence-corrected chi connectivity index (χ0v) is 14.7. The number of carbonyl (C=O) groups excluding carboxylic acids is 1. The van der Waals surface area contributed by atoms with Gasteiger partial charge in [0.2, 0.25) is 5.91 Å². The second kappa shape index (κ2) is 6.79. The van der Waals surface area contributed by atoms with Gasteiger partial charge in [-0.05, 0) is 49.2 Å². The van der Waals surface area contributed by atoms with Crippen molar-refractivity contribution in [1.29, 1.82) is 0 Å². The second-order valence-corrected chi connectivity index (χ2v) is 6.06. The molecular formula is C19H18N4O3. The smallest absolute Gasteiger partial charge is 0.293 e. The van der Waals surface area contributed by atoms with Crippen LogP contribution < -0.4 is 5.32 Å². The minimum absolute atomic E-state index is 0.148. The summed E-state index contributed by atoms with van der Waals surface area (Å²) in [6.07, 6.45) is 5.57. The molecule has 0 unspecified atom stereocenters. The van der Waals surface area contributed by atoms with E-state index in [0.717, 1.165) is 22.6 Å². The summed E-state index contributed by atoms with van der Waals surface area (Å²) >= 11 is 0. The average Bonchev–Trinajstić information content (AvgIpc) is 2.88. The molecule has 0 aliphatic heterocycles. The molecule has 0 saturated carbocycles. The number of benzene rings is 1. The van der Waals surface area contributed by atoms with Crippen molar-refractivity contribution in [3.05, 3.63) is 69.2 Å². The summed E-state index contributed by atoms with van der Waals surface area (Å²) in [4.78, 5) is 26.5. The van der Waals surface area contributed by atoms with Gasteiger partial charge in [-0.1, -0.05) is 12.1 Å². The quantitative estimate of drug-likeness (QED) is 0.569. The molecule has 0 aliphatic carbocycles. The number of hydrogen-bond donors (Lipinski definition) is 1. The minimum Gasteiger partial charge on any atom is -0.321 e. The first-order valence-electron chi connectivity index (χ1n) is 8.04. The first-order chi connectivity index (χ1) is 12.3. The fraction of sp³-hybridized carbons (Fsp3) is 0.158. The molecular weight excluding hydrogens is 332 g/mol. The van der Waals surface area contributed by atoms with Crippen LogP contribution >= 0.6 is 0 Å². The van der Waals surface area contributed by atoms with E-state index in [9.17, 15) is 14.9 Å². The van der Waals surface area contributed by atoms with E-state index in [2.05, 4.69) is 10.3 Å². The zero-order chi connectivity index (χ0) is 18.8. The Morgan fingerprint density at radius 2 is 2.00 bits per heavy atom. The Balaban J connectivity index is 1.95. The minimum atomic E-state index is -0.512. The van der Waals surface area contributed by atoms with Crippen molar-refractivity contribution in [3.63, 3.8) is 0 Å². The van der Waals surface area contributed by atoms with Crippen molar-refractivity contribution in [2.24, 2.45) is 0 Å². The largest absolute Gasteiger partial charge is 0.321 e. The molecule has 1 amide bonds. The van der Waals surface area contributed by atoms with E-state index in [1.807, 2.05) is 42.7 Å². The van der Waals surface area contributed by atoms with Gasteiger partial charge in [0.05, 0.1) is 10.6 Å². The van der Waals surface area contributed by atoms with E-state index in [1.54, 1.807) is 12.1 Å². The van der Waals surface area contributed by atoms with Crippen LogP contribution in [0.1, 0.15) is 29.4 Å². The molecule has 0 fully saturated rings. The number of imidazole rings is 1. The summed E-state index contributed by atoms with van der Waals surface area (Å²) in [7, 11) is 0. The highest BCUT2D eigenvalue weighted by Crippen LogP contribution is 2.26. The lowest BCUT2D eigenvalue weighted by molar-refractivity contribution is -0.383. The van der Waals surface area contributed by atoms with Gasteiger partial charge in [-0.3, -0.25) is 14.9 Å².